The predicted octanol–water partition coefficient (Wildman–Crippen LogP) is 2.99. The van der Waals surface area contributed by atoms with Gasteiger partial charge in [0.1, 0.15) is 12.7 Å². The molecule has 3 rings (SSSR count). The van der Waals surface area contributed by atoms with E-state index < -0.39 is 11.9 Å². The van der Waals surface area contributed by atoms with Gasteiger partial charge in [0.15, 0.2) is 23.1 Å². The minimum Gasteiger partial charge on any atom is -0.493 e. The van der Waals surface area contributed by atoms with Crippen LogP contribution in [0.5, 0.6) is 17.2 Å². The summed E-state index contributed by atoms with van der Waals surface area (Å²) in [5, 5.41) is 10.3. The first-order valence-electron chi connectivity index (χ1n) is 10.6. The molecule has 2 aromatic carbocycles. The lowest BCUT2D eigenvalue weighted by Gasteiger charge is -2.40. The molecule has 2 unspecified atom stereocenters. The van der Waals surface area contributed by atoms with Crippen LogP contribution in [-0.4, -0.2) is 74.1 Å². The van der Waals surface area contributed by atoms with Crippen LogP contribution < -0.4 is 14.2 Å². The van der Waals surface area contributed by atoms with E-state index in [2.05, 4.69) is 29.3 Å². The van der Waals surface area contributed by atoms with Crippen LogP contribution in [0.1, 0.15) is 12.5 Å². The molecule has 1 fully saturated rings. The van der Waals surface area contributed by atoms with E-state index in [4.69, 9.17) is 14.2 Å². The summed E-state index contributed by atoms with van der Waals surface area (Å²) in [5.41, 5.74) is 1.20. The molecule has 0 aromatic heterocycles. The minimum atomic E-state index is -0.686. The van der Waals surface area contributed by atoms with Crippen molar-refractivity contribution in [3.63, 3.8) is 0 Å². The van der Waals surface area contributed by atoms with Crippen LogP contribution in [-0.2, 0) is 6.42 Å². The van der Waals surface area contributed by atoms with E-state index in [9.17, 15) is 9.50 Å². The molecule has 0 saturated carbocycles. The molecule has 1 heterocycles. The highest BCUT2D eigenvalue weighted by atomic mass is 19.1. The molecule has 1 aliphatic rings. The highest BCUT2D eigenvalue weighted by Gasteiger charge is 2.26. The Morgan fingerprint density at radius 3 is 2.55 bits per heavy atom. The Morgan fingerprint density at radius 1 is 1.06 bits per heavy atom. The van der Waals surface area contributed by atoms with Crippen LogP contribution in [0.25, 0.3) is 0 Å². The molecule has 2 aromatic rings. The van der Waals surface area contributed by atoms with Gasteiger partial charge in [0.05, 0.1) is 14.2 Å². The van der Waals surface area contributed by atoms with Crippen LogP contribution in [0.15, 0.2) is 42.5 Å². The summed E-state index contributed by atoms with van der Waals surface area (Å²) in [7, 11) is 3.28. The first-order chi connectivity index (χ1) is 15.0. The maximum absolute atomic E-state index is 13.6. The fourth-order valence-electron chi connectivity index (χ4n) is 3.76. The van der Waals surface area contributed by atoms with Gasteiger partial charge in [-0.1, -0.05) is 18.2 Å². The number of ether oxygens (including phenoxy) is 3. The van der Waals surface area contributed by atoms with Crippen LogP contribution in [0.4, 0.5) is 4.39 Å². The van der Waals surface area contributed by atoms with Crippen LogP contribution in [0.2, 0.25) is 0 Å². The van der Waals surface area contributed by atoms with Gasteiger partial charge in [-0.2, -0.15) is 0 Å². The molecule has 7 heteroatoms. The van der Waals surface area contributed by atoms with Gasteiger partial charge in [-0.05, 0) is 43.2 Å². The summed E-state index contributed by atoms with van der Waals surface area (Å²) in [6.07, 6.45) is 0.219. The number of β-amino-alcohol motifs (C(OH)–C–C–N with tert-alkyl or cyclic N) is 1. The molecular weight excluding hydrogens is 399 g/mol. The van der Waals surface area contributed by atoms with Crippen molar-refractivity contribution in [3.8, 4) is 17.2 Å². The number of piperazine rings is 1. The lowest BCUT2D eigenvalue weighted by atomic mass is 10.1. The SMILES string of the molecule is COc1ccc(CCN2[CH]C(C)N(CC(O)COc3ccccc3F)CC2)cc1OC. The number of benzene rings is 2. The maximum atomic E-state index is 13.6. The molecular formula is C24H32FN2O4. The van der Waals surface area contributed by atoms with E-state index in [1.807, 2.05) is 12.1 Å². The van der Waals surface area contributed by atoms with Gasteiger partial charge in [-0.3, -0.25) is 9.80 Å². The van der Waals surface area contributed by atoms with Crippen molar-refractivity contribution in [3.05, 3.63) is 60.4 Å². The second-order valence-corrected chi connectivity index (χ2v) is 7.76. The van der Waals surface area contributed by atoms with Gasteiger partial charge < -0.3 is 19.3 Å². The average Bonchev–Trinajstić information content (AvgIpc) is 2.78. The lowest BCUT2D eigenvalue weighted by Crippen LogP contribution is -2.51. The quantitative estimate of drug-likeness (QED) is 0.624. The maximum Gasteiger partial charge on any atom is 0.165 e. The molecule has 1 aliphatic heterocycles. The molecule has 0 amide bonds. The second kappa shape index (κ2) is 11.3. The third-order valence-corrected chi connectivity index (χ3v) is 5.53. The fraction of sp³-hybridized carbons (Fsp3) is 0.458. The third-order valence-electron chi connectivity index (χ3n) is 5.53. The van der Waals surface area contributed by atoms with Crippen molar-refractivity contribution in [2.75, 3.05) is 47.0 Å². The van der Waals surface area contributed by atoms with Crippen molar-refractivity contribution >= 4 is 0 Å². The molecule has 2 atom stereocenters. The number of rotatable bonds is 10. The highest BCUT2D eigenvalue weighted by Crippen LogP contribution is 2.28. The summed E-state index contributed by atoms with van der Waals surface area (Å²) in [6.45, 7) is 7.51. The zero-order chi connectivity index (χ0) is 22.2. The summed E-state index contributed by atoms with van der Waals surface area (Å²) in [6, 6.07) is 12.4. The summed E-state index contributed by atoms with van der Waals surface area (Å²) < 4.78 is 29.7. The van der Waals surface area contributed by atoms with Crippen LogP contribution in [0.3, 0.4) is 0 Å². The Kier molecular flexibility index (Phi) is 8.51. The Labute approximate surface area is 184 Å². The molecule has 0 spiro atoms. The van der Waals surface area contributed by atoms with E-state index in [1.54, 1.807) is 32.4 Å². The second-order valence-electron chi connectivity index (χ2n) is 7.76. The standard InChI is InChI=1S/C24H32FN2O4/c1-18-15-26(11-10-19-8-9-23(29-2)24(14-19)30-3)12-13-27(18)16-20(28)17-31-22-7-5-4-6-21(22)25/h4-9,14-15,18,20,28H,10-13,16-17H2,1-3H3. The predicted molar refractivity (Wildman–Crippen MR) is 118 cm³/mol. The molecule has 6 nitrogen and oxygen atoms in total. The number of para-hydroxylation sites is 1. The number of aliphatic hydroxyl groups is 1. The van der Waals surface area contributed by atoms with Gasteiger partial charge in [-0.15, -0.1) is 0 Å². The van der Waals surface area contributed by atoms with Gasteiger partial charge in [0.2, 0.25) is 0 Å². The van der Waals surface area contributed by atoms with Crippen molar-refractivity contribution in [1.82, 2.24) is 9.80 Å². The number of hydrogen-bond donors (Lipinski definition) is 1. The summed E-state index contributed by atoms with van der Waals surface area (Å²) in [4.78, 5) is 4.53. The average molecular weight is 432 g/mol. The molecule has 31 heavy (non-hydrogen) atoms. The zero-order valence-corrected chi connectivity index (χ0v) is 18.5. The van der Waals surface area contributed by atoms with Crippen molar-refractivity contribution in [2.45, 2.75) is 25.5 Å². The number of aliphatic hydroxyl groups excluding tert-OH is 1. The van der Waals surface area contributed by atoms with Crippen LogP contribution >= 0.6 is 0 Å². The third kappa shape index (κ3) is 6.56. The van der Waals surface area contributed by atoms with Crippen molar-refractivity contribution in [1.29, 1.82) is 0 Å². The van der Waals surface area contributed by atoms with Crippen molar-refractivity contribution in [2.24, 2.45) is 0 Å². The molecule has 1 saturated heterocycles. The Bertz CT molecular complexity index is 835. The molecule has 169 valence electrons. The zero-order valence-electron chi connectivity index (χ0n) is 18.5. The topological polar surface area (TPSA) is 54.4 Å². The smallest absolute Gasteiger partial charge is 0.165 e. The Hall–Kier alpha value is -2.35. The van der Waals surface area contributed by atoms with Crippen LogP contribution in [0, 0.1) is 12.4 Å². The largest absolute Gasteiger partial charge is 0.493 e. The van der Waals surface area contributed by atoms with Gasteiger partial charge in [0.25, 0.3) is 0 Å². The van der Waals surface area contributed by atoms with Gasteiger partial charge in [0, 0.05) is 38.8 Å². The van der Waals surface area contributed by atoms with E-state index in [-0.39, 0.29) is 18.4 Å². The Morgan fingerprint density at radius 2 is 1.84 bits per heavy atom. The number of hydrogen-bond acceptors (Lipinski definition) is 6. The molecule has 1 N–H and O–H groups in total. The normalized spacial score (nSPS) is 18.5. The minimum absolute atomic E-state index is 0.0627. The first-order valence-corrected chi connectivity index (χ1v) is 10.6. The van der Waals surface area contributed by atoms with E-state index in [0.717, 1.165) is 37.6 Å². The van der Waals surface area contributed by atoms with Crippen molar-refractivity contribution < 1.29 is 23.7 Å². The van der Waals surface area contributed by atoms with E-state index in [0.29, 0.717) is 6.54 Å². The summed E-state index contributed by atoms with van der Waals surface area (Å²) in [5.74, 6) is 1.23. The lowest BCUT2D eigenvalue weighted by molar-refractivity contribution is 0.0361. The number of nitrogens with zero attached hydrogens (tertiary/aromatic N) is 2. The van der Waals surface area contributed by atoms with Gasteiger partial charge in [-0.25, -0.2) is 4.39 Å². The highest BCUT2D eigenvalue weighted by molar-refractivity contribution is 5.43. The molecule has 1 radical (unpaired) electrons. The number of halogens is 1. The number of methoxy groups -OCH3 is 2. The Balaban J connectivity index is 1.42. The van der Waals surface area contributed by atoms with Gasteiger partial charge >= 0.3 is 0 Å². The molecule has 0 bridgehead atoms. The van der Waals surface area contributed by atoms with E-state index in [1.165, 1.54) is 11.6 Å². The monoisotopic (exact) mass is 431 g/mol. The molecule has 0 aliphatic carbocycles. The summed E-state index contributed by atoms with van der Waals surface area (Å²) >= 11 is 0. The van der Waals surface area contributed by atoms with E-state index >= 15 is 0 Å². The first kappa shape index (κ1) is 23.3. The fourth-order valence-corrected chi connectivity index (χ4v) is 3.76.